The van der Waals surface area contributed by atoms with Crippen molar-refractivity contribution in [3.05, 3.63) is 101 Å². The summed E-state index contributed by atoms with van der Waals surface area (Å²) in [5.74, 6) is -1.53. The van der Waals surface area contributed by atoms with Gasteiger partial charge in [0.1, 0.15) is 17.7 Å². The van der Waals surface area contributed by atoms with Crippen LogP contribution < -0.4 is 10.6 Å². The molecule has 0 aromatic heterocycles. The van der Waals surface area contributed by atoms with Crippen molar-refractivity contribution in [2.24, 2.45) is 0 Å². The first-order valence-electron chi connectivity index (χ1n) is 9.49. The van der Waals surface area contributed by atoms with Crippen LogP contribution in [0.3, 0.4) is 0 Å². The van der Waals surface area contributed by atoms with Gasteiger partial charge < -0.3 is 5.32 Å². The predicted molar refractivity (Wildman–Crippen MR) is 112 cm³/mol. The van der Waals surface area contributed by atoms with Gasteiger partial charge in [-0.05, 0) is 49.6 Å². The van der Waals surface area contributed by atoms with E-state index in [1.54, 1.807) is 6.92 Å². The maximum atomic E-state index is 14.2. The third-order valence-electron chi connectivity index (χ3n) is 4.89. The number of nitrogens with one attached hydrogen (secondary N) is 2. The Hall–Kier alpha value is -3.05. The number of halogens is 2. The number of hydrogen-bond acceptors (Lipinski definition) is 2. The van der Waals surface area contributed by atoms with E-state index in [0.717, 1.165) is 28.4 Å². The van der Waals surface area contributed by atoms with Gasteiger partial charge in [-0.3, -0.25) is 10.1 Å². The Morgan fingerprint density at radius 1 is 0.931 bits per heavy atom. The zero-order chi connectivity index (χ0) is 21.0. The normalized spacial score (nSPS) is 13.0. The van der Waals surface area contributed by atoms with Gasteiger partial charge in [-0.2, -0.15) is 0 Å². The van der Waals surface area contributed by atoms with Crippen molar-refractivity contribution < 1.29 is 13.6 Å². The highest BCUT2D eigenvalue weighted by atomic mass is 19.1. The SMILES string of the molecule is Cc1ccc(C)c(NC(=O)[C@H](N[C@@H](C)c2ccc(F)cc2F)c2ccccc2)c1. The average molecular weight is 394 g/mol. The number of carbonyl (C=O) groups excluding carboxylic acids is 1. The van der Waals surface area contributed by atoms with Crippen molar-refractivity contribution in [1.82, 2.24) is 5.32 Å². The Labute approximate surface area is 169 Å². The van der Waals surface area contributed by atoms with Crippen LogP contribution in [-0.2, 0) is 4.79 Å². The van der Waals surface area contributed by atoms with Crippen molar-refractivity contribution in [2.75, 3.05) is 5.32 Å². The number of rotatable bonds is 6. The van der Waals surface area contributed by atoms with E-state index >= 15 is 0 Å². The first-order chi connectivity index (χ1) is 13.8. The molecule has 3 rings (SSSR count). The second kappa shape index (κ2) is 8.97. The molecule has 5 heteroatoms. The smallest absolute Gasteiger partial charge is 0.246 e. The summed E-state index contributed by atoms with van der Waals surface area (Å²) < 4.78 is 27.5. The quantitative estimate of drug-likeness (QED) is 0.570. The Morgan fingerprint density at radius 3 is 2.34 bits per heavy atom. The van der Waals surface area contributed by atoms with E-state index in [-0.39, 0.29) is 5.91 Å². The summed E-state index contributed by atoms with van der Waals surface area (Å²) >= 11 is 0. The molecular weight excluding hydrogens is 370 g/mol. The Morgan fingerprint density at radius 2 is 1.66 bits per heavy atom. The molecule has 0 spiro atoms. The minimum atomic E-state index is -0.712. The Balaban J connectivity index is 1.88. The molecule has 0 saturated heterocycles. The first kappa shape index (κ1) is 20.7. The molecule has 0 bridgehead atoms. The Bertz CT molecular complexity index is 1010. The van der Waals surface area contributed by atoms with Crippen LogP contribution in [0.1, 0.15) is 41.3 Å². The molecule has 3 nitrogen and oxygen atoms in total. The molecule has 0 aliphatic heterocycles. The highest BCUT2D eigenvalue weighted by Gasteiger charge is 2.24. The van der Waals surface area contributed by atoms with Crippen LogP contribution in [-0.4, -0.2) is 5.91 Å². The summed E-state index contributed by atoms with van der Waals surface area (Å²) in [6.07, 6.45) is 0. The lowest BCUT2D eigenvalue weighted by Crippen LogP contribution is -2.35. The van der Waals surface area contributed by atoms with E-state index in [0.29, 0.717) is 5.56 Å². The number of hydrogen-bond donors (Lipinski definition) is 2. The van der Waals surface area contributed by atoms with Crippen molar-refractivity contribution in [3.63, 3.8) is 0 Å². The topological polar surface area (TPSA) is 41.1 Å². The number of carbonyl (C=O) groups is 1. The molecule has 0 saturated carbocycles. The van der Waals surface area contributed by atoms with Crippen LogP contribution in [0.5, 0.6) is 0 Å². The number of amides is 1. The molecule has 0 aliphatic rings. The zero-order valence-electron chi connectivity index (χ0n) is 16.7. The summed E-state index contributed by atoms with van der Waals surface area (Å²) in [5, 5.41) is 6.16. The van der Waals surface area contributed by atoms with Crippen LogP contribution >= 0.6 is 0 Å². The van der Waals surface area contributed by atoms with E-state index in [1.165, 1.54) is 12.1 Å². The predicted octanol–water partition coefficient (Wildman–Crippen LogP) is 5.61. The van der Waals surface area contributed by atoms with Gasteiger partial charge in [0.15, 0.2) is 0 Å². The minimum absolute atomic E-state index is 0.251. The van der Waals surface area contributed by atoms with Crippen LogP contribution in [0, 0.1) is 25.5 Å². The molecule has 0 fully saturated rings. The van der Waals surface area contributed by atoms with Gasteiger partial charge in [-0.1, -0.05) is 48.5 Å². The van der Waals surface area contributed by atoms with E-state index in [2.05, 4.69) is 10.6 Å². The highest BCUT2D eigenvalue weighted by Crippen LogP contribution is 2.25. The standard InChI is InChI=1S/C24H24F2N2O/c1-15-9-10-16(2)22(13-15)28-24(29)23(18-7-5-4-6-8-18)27-17(3)20-12-11-19(25)14-21(20)26/h4-14,17,23,27H,1-3H3,(H,28,29)/t17-,23+/m0/s1. The van der Waals surface area contributed by atoms with Crippen LogP contribution in [0.25, 0.3) is 0 Å². The summed E-state index contributed by atoms with van der Waals surface area (Å²) in [7, 11) is 0. The number of aryl methyl sites for hydroxylation is 2. The summed E-state index contributed by atoms with van der Waals surface area (Å²) in [6.45, 7) is 5.63. The monoisotopic (exact) mass is 394 g/mol. The summed E-state index contributed by atoms with van der Waals surface area (Å²) in [5.41, 5.74) is 3.78. The van der Waals surface area contributed by atoms with E-state index in [4.69, 9.17) is 0 Å². The van der Waals surface area contributed by atoms with Crippen molar-refractivity contribution in [1.29, 1.82) is 0 Å². The first-order valence-corrected chi connectivity index (χ1v) is 9.49. The van der Waals surface area contributed by atoms with Gasteiger partial charge in [0.05, 0.1) is 0 Å². The molecule has 0 unspecified atom stereocenters. The van der Waals surface area contributed by atoms with E-state index < -0.39 is 23.7 Å². The molecule has 0 heterocycles. The van der Waals surface area contributed by atoms with Gasteiger partial charge in [-0.15, -0.1) is 0 Å². The molecule has 0 radical (unpaired) electrons. The van der Waals surface area contributed by atoms with Crippen molar-refractivity contribution in [2.45, 2.75) is 32.9 Å². The van der Waals surface area contributed by atoms with Crippen LogP contribution in [0.2, 0.25) is 0 Å². The lowest BCUT2D eigenvalue weighted by Gasteiger charge is -2.24. The van der Waals surface area contributed by atoms with Crippen LogP contribution in [0.4, 0.5) is 14.5 Å². The van der Waals surface area contributed by atoms with Crippen molar-refractivity contribution >= 4 is 11.6 Å². The molecule has 29 heavy (non-hydrogen) atoms. The van der Waals surface area contributed by atoms with Gasteiger partial charge in [0.25, 0.3) is 0 Å². The number of anilines is 1. The van der Waals surface area contributed by atoms with Gasteiger partial charge in [0, 0.05) is 23.4 Å². The molecule has 3 aromatic carbocycles. The van der Waals surface area contributed by atoms with Crippen LogP contribution in [0.15, 0.2) is 66.7 Å². The maximum absolute atomic E-state index is 14.2. The fourth-order valence-electron chi connectivity index (χ4n) is 3.24. The molecule has 1 amide bonds. The third kappa shape index (κ3) is 5.06. The second-order valence-corrected chi connectivity index (χ2v) is 7.21. The minimum Gasteiger partial charge on any atom is -0.324 e. The second-order valence-electron chi connectivity index (χ2n) is 7.21. The fourth-order valence-corrected chi connectivity index (χ4v) is 3.24. The Kier molecular flexibility index (Phi) is 6.39. The maximum Gasteiger partial charge on any atom is 0.246 e. The number of benzene rings is 3. The van der Waals surface area contributed by atoms with E-state index in [9.17, 15) is 13.6 Å². The fraction of sp³-hybridized carbons (Fsp3) is 0.208. The average Bonchev–Trinajstić information content (AvgIpc) is 2.69. The van der Waals surface area contributed by atoms with Crippen molar-refractivity contribution in [3.8, 4) is 0 Å². The zero-order valence-corrected chi connectivity index (χ0v) is 16.7. The summed E-state index contributed by atoms with van der Waals surface area (Å²) in [6, 6.07) is 17.3. The molecule has 2 atom stereocenters. The lowest BCUT2D eigenvalue weighted by atomic mass is 10.0. The van der Waals surface area contributed by atoms with Gasteiger partial charge in [0.2, 0.25) is 5.91 Å². The third-order valence-corrected chi connectivity index (χ3v) is 4.89. The molecule has 2 N–H and O–H groups in total. The van der Waals surface area contributed by atoms with Gasteiger partial charge >= 0.3 is 0 Å². The highest BCUT2D eigenvalue weighted by molar-refractivity contribution is 5.96. The molecular formula is C24H24F2N2O. The lowest BCUT2D eigenvalue weighted by molar-refractivity contribution is -0.118. The van der Waals surface area contributed by atoms with E-state index in [1.807, 2.05) is 62.4 Å². The molecule has 150 valence electrons. The summed E-state index contributed by atoms with van der Waals surface area (Å²) in [4.78, 5) is 13.2. The van der Waals surface area contributed by atoms with Gasteiger partial charge in [-0.25, -0.2) is 8.78 Å². The molecule has 3 aromatic rings. The molecule has 0 aliphatic carbocycles. The largest absolute Gasteiger partial charge is 0.324 e.